The van der Waals surface area contributed by atoms with Crippen LogP contribution in [0.5, 0.6) is 5.75 Å². The number of carbonyl (C=O) groups is 2. The van der Waals surface area contributed by atoms with Crippen molar-refractivity contribution in [1.29, 1.82) is 0 Å². The van der Waals surface area contributed by atoms with Gasteiger partial charge in [0.2, 0.25) is 0 Å². The average Bonchev–Trinajstić information content (AvgIpc) is 2.62. The van der Waals surface area contributed by atoms with Gasteiger partial charge in [0, 0.05) is 0 Å². The monoisotopic (exact) mass is 342 g/mol. The Morgan fingerprint density at radius 2 is 1.32 bits per heavy atom. The van der Waals surface area contributed by atoms with Crippen LogP contribution in [-0.2, 0) is 22.4 Å². The van der Waals surface area contributed by atoms with Crippen molar-refractivity contribution in [1.82, 2.24) is 0 Å². The Balaban J connectivity index is 2.13. The number of benzene rings is 2. The minimum atomic E-state index is -1.80. The van der Waals surface area contributed by atoms with E-state index in [1.165, 1.54) is 0 Å². The van der Waals surface area contributed by atoms with Gasteiger partial charge in [-0.15, -0.1) is 0 Å². The van der Waals surface area contributed by atoms with Gasteiger partial charge in [0.05, 0.1) is 7.11 Å². The van der Waals surface area contributed by atoms with Crippen LogP contribution in [0, 0.1) is 5.41 Å². The van der Waals surface area contributed by atoms with Gasteiger partial charge in [-0.1, -0.05) is 42.5 Å². The Kier molecular flexibility index (Phi) is 6.17. The minimum Gasteiger partial charge on any atom is -0.497 e. The van der Waals surface area contributed by atoms with Crippen LogP contribution in [0.1, 0.15) is 24.0 Å². The summed E-state index contributed by atoms with van der Waals surface area (Å²) in [6.45, 7) is 0. The number of ether oxygens (including phenoxy) is 1. The second-order valence-electron chi connectivity index (χ2n) is 6.03. The molecule has 5 heteroatoms. The molecule has 0 aliphatic heterocycles. The molecule has 25 heavy (non-hydrogen) atoms. The van der Waals surface area contributed by atoms with E-state index in [9.17, 15) is 19.8 Å². The van der Waals surface area contributed by atoms with Gasteiger partial charge in [-0.2, -0.15) is 0 Å². The second kappa shape index (κ2) is 8.33. The zero-order chi connectivity index (χ0) is 18.3. The van der Waals surface area contributed by atoms with Crippen LogP contribution in [0.3, 0.4) is 0 Å². The van der Waals surface area contributed by atoms with Gasteiger partial charge in [-0.25, -0.2) is 0 Å². The predicted molar refractivity (Wildman–Crippen MR) is 93.8 cm³/mol. The van der Waals surface area contributed by atoms with E-state index < -0.39 is 17.4 Å². The molecule has 0 atom stereocenters. The molecule has 0 heterocycles. The Morgan fingerprint density at radius 3 is 1.76 bits per heavy atom. The van der Waals surface area contributed by atoms with Crippen molar-refractivity contribution < 1.29 is 24.5 Å². The lowest BCUT2D eigenvalue weighted by atomic mass is 9.77. The summed E-state index contributed by atoms with van der Waals surface area (Å²) in [5.74, 6) is -1.87. The zero-order valence-corrected chi connectivity index (χ0v) is 14.1. The average molecular weight is 342 g/mol. The summed E-state index contributed by atoms with van der Waals surface area (Å²) in [5, 5.41) is 19.3. The van der Waals surface area contributed by atoms with Crippen LogP contribution in [0.2, 0.25) is 0 Å². The first-order valence-corrected chi connectivity index (χ1v) is 8.11. The van der Waals surface area contributed by atoms with Gasteiger partial charge in [-0.3, -0.25) is 9.59 Å². The van der Waals surface area contributed by atoms with Crippen molar-refractivity contribution in [3.63, 3.8) is 0 Å². The van der Waals surface area contributed by atoms with E-state index >= 15 is 0 Å². The molecule has 0 saturated heterocycles. The van der Waals surface area contributed by atoms with E-state index in [2.05, 4.69) is 0 Å². The van der Waals surface area contributed by atoms with Crippen molar-refractivity contribution >= 4 is 11.9 Å². The molecule has 0 fully saturated rings. The molecule has 0 unspecified atom stereocenters. The van der Waals surface area contributed by atoms with Crippen molar-refractivity contribution in [3.05, 3.63) is 65.7 Å². The predicted octanol–water partition coefficient (Wildman–Crippen LogP) is 3.42. The maximum Gasteiger partial charge on any atom is 0.321 e. The van der Waals surface area contributed by atoms with Crippen molar-refractivity contribution in [2.75, 3.05) is 7.11 Å². The van der Waals surface area contributed by atoms with Gasteiger partial charge in [-0.05, 0) is 48.9 Å². The third-order valence-corrected chi connectivity index (χ3v) is 4.50. The summed E-state index contributed by atoms with van der Waals surface area (Å²) in [7, 11) is 1.57. The maximum absolute atomic E-state index is 11.8. The molecule has 0 aliphatic carbocycles. The quantitative estimate of drug-likeness (QED) is 0.682. The maximum atomic E-state index is 11.8. The third-order valence-electron chi connectivity index (χ3n) is 4.50. The van der Waals surface area contributed by atoms with Crippen LogP contribution in [0.15, 0.2) is 54.6 Å². The standard InChI is InChI=1S/C20H22O5/c1-25-17-9-7-16(8-10-17)12-14-20(18(21)22,19(23)24)13-11-15-5-3-2-4-6-15/h2-10H,11-14H2,1H3,(H,21,22)(H,23,24). The molecule has 2 rings (SSSR count). The first kappa shape index (κ1) is 18.5. The van der Waals surface area contributed by atoms with Crippen molar-refractivity contribution in [3.8, 4) is 5.75 Å². The Hall–Kier alpha value is -2.82. The SMILES string of the molecule is COc1ccc(CCC(CCc2ccccc2)(C(=O)O)C(=O)O)cc1. The van der Waals surface area contributed by atoms with E-state index in [-0.39, 0.29) is 12.8 Å². The molecule has 2 aromatic carbocycles. The van der Waals surface area contributed by atoms with Crippen LogP contribution in [-0.4, -0.2) is 29.3 Å². The molecule has 0 bridgehead atoms. The topological polar surface area (TPSA) is 83.8 Å². The van der Waals surface area contributed by atoms with E-state index in [0.717, 1.165) is 11.1 Å². The first-order valence-electron chi connectivity index (χ1n) is 8.11. The van der Waals surface area contributed by atoms with E-state index in [4.69, 9.17) is 4.74 Å². The Morgan fingerprint density at radius 1 is 0.840 bits per heavy atom. The highest BCUT2D eigenvalue weighted by Crippen LogP contribution is 2.31. The second-order valence-corrected chi connectivity index (χ2v) is 6.03. The summed E-state index contributed by atoms with van der Waals surface area (Å²) in [5.41, 5.74) is 0.0154. The van der Waals surface area contributed by atoms with Gasteiger partial charge >= 0.3 is 11.9 Å². The lowest BCUT2D eigenvalue weighted by molar-refractivity contribution is -0.165. The number of hydrogen-bond acceptors (Lipinski definition) is 3. The molecule has 0 aliphatic rings. The molecule has 5 nitrogen and oxygen atoms in total. The summed E-state index contributed by atoms with van der Waals surface area (Å²) in [6, 6.07) is 16.5. The number of carboxylic acid groups (broad SMARTS) is 2. The number of aliphatic carboxylic acids is 2. The lowest BCUT2D eigenvalue weighted by Gasteiger charge is -2.25. The zero-order valence-electron chi connectivity index (χ0n) is 14.1. The molecule has 0 spiro atoms. The lowest BCUT2D eigenvalue weighted by Crippen LogP contribution is -2.40. The largest absolute Gasteiger partial charge is 0.497 e. The Labute approximate surface area is 146 Å². The smallest absolute Gasteiger partial charge is 0.321 e. The highest BCUT2D eigenvalue weighted by Gasteiger charge is 2.45. The molecule has 0 saturated carbocycles. The van der Waals surface area contributed by atoms with Gasteiger partial charge in [0.15, 0.2) is 5.41 Å². The number of aryl methyl sites for hydroxylation is 2. The highest BCUT2D eigenvalue weighted by atomic mass is 16.5. The number of methoxy groups -OCH3 is 1. The molecular formula is C20H22O5. The normalized spacial score (nSPS) is 11.1. The fourth-order valence-electron chi connectivity index (χ4n) is 2.80. The van der Waals surface area contributed by atoms with Gasteiger partial charge in [0.25, 0.3) is 0 Å². The number of rotatable bonds is 9. The van der Waals surface area contributed by atoms with E-state index in [1.54, 1.807) is 19.2 Å². The molecule has 0 aromatic heterocycles. The highest BCUT2D eigenvalue weighted by molar-refractivity contribution is 5.98. The minimum absolute atomic E-state index is 0.0385. The third kappa shape index (κ3) is 4.59. The number of carboxylic acids is 2. The van der Waals surface area contributed by atoms with Gasteiger partial charge < -0.3 is 14.9 Å². The summed E-state index contributed by atoms with van der Waals surface area (Å²) < 4.78 is 5.09. The van der Waals surface area contributed by atoms with Crippen LogP contribution in [0.4, 0.5) is 0 Å². The van der Waals surface area contributed by atoms with Crippen LogP contribution in [0.25, 0.3) is 0 Å². The van der Waals surface area contributed by atoms with E-state index in [1.807, 2.05) is 42.5 Å². The summed E-state index contributed by atoms with van der Waals surface area (Å²) >= 11 is 0. The van der Waals surface area contributed by atoms with Crippen molar-refractivity contribution in [2.45, 2.75) is 25.7 Å². The van der Waals surface area contributed by atoms with Crippen molar-refractivity contribution in [2.24, 2.45) is 5.41 Å². The fraction of sp³-hybridized carbons (Fsp3) is 0.300. The summed E-state index contributed by atoms with van der Waals surface area (Å²) in [6.07, 6.45) is 0.869. The number of hydrogen-bond donors (Lipinski definition) is 2. The van der Waals surface area contributed by atoms with Crippen LogP contribution < -0.4 is 4.74 Å². The summed E-state index contributed by atoms with van der Waals surface area (Å²) in [4.78, 5) is 23.6. The Bertz CT molecular complexity index is 693. The molecular weight excluding hydrogens is 320 g/mol. The van der Waals surface area contributed by atoms with Gasteiger partial charge in [0.1, 0.15) is 5.75 Å². The van der Waals surface area contributed by atoms with Crippen LogP contribution >= 0.6 is 0 Å². The first-order chi connectivity index (χ1) is 12.0. The molecule has 0 radical (unpaired) electrons. The van der Waals surface area contributed by atoms with E-state index in [0.29, 0.717) is 18.6 Å². The molecule has 2 N–H and O–H groups in total. The molecule has 132 valence electrons. The molecule has 2 aromatic rings. The fourth-order valence-corrected chi connectivity index (χ4v) is 2.80. The molecule has 0 amide bonds.